The molecule has 1 atom stereocenters. The fourth-order valence-electron chi connectivity index (χ4n) is 3.05. The predicted molar refractivity (Wildman–Crippen MR) is 83.0 cm³/mol. The van der Waals surface area contributed by atoms with Gasteiger partial charge >= 0.3 is 0 Å². The van der Waals surface area contributed by atoms with Crippen LogP contribution in [0.5, 0.6) is 0 Å². The molecule has 5 heteroatoms. The molecule has 3 rings (SSSR count). The standard InChI is InChI=1S/C15H20BrClN2O/c1-2-20-13(10-7-8-10)15-18-12(9-5-3-4-6-9)11(16)14(17)19-15/h9-10,13H,2-8H2,1H3. The van der Waals surface area contributed by atoms with Crippen molar-refractivity contribution in [1.29, 1.82) is 0 Å². The highest BCUT2D eigenvalue weighted by Crippen LogP contribution is 2.44. The summed E-state index contributed by atoms with van der Waals surface area (Å²) in [5.41, 5.74) is 1.09. The number of ether oxygens (including phenoxy) is 1. The molecule has 0 saturated heterocycles. The highest BCUT2D eigenvalue weighted by molar-refractivity contribution is 9.10. The van der Waals surface area contributed by atoms with Crippen LogP contribution in [0, 0.1) is 5.92 Å². The molecule has 0 aliphatic heterocycles. The molecule has 0 N–H and O–H groups in total. The molecular formula is C15H20BrClN2O. The van der Waals surface area contributed by atoms with Crippen LogP contribution in [0.1, 0.15) is 69.0 Å². The highest BCUT2D eigenvalue weighted by Gasteiger charge is 2.36. The second kappa shape index (κ2) is 6.29. The Balaban J connectivity index is 1.94. The van der Waals surface area contributed by atoms with E-state index in [1.54, 1.807) is 0 Å². The number of aromatic nitrogens is 2. The van der Waals surface area contributed by atoms with Crippen LogP contribution in [0.4, 0.5) is 0 Å². The summed E-state index contributed by atoms with van der Waals surface area (Å²) in [6, 6.07) is 0. The van der Waals surface area contributed by atoms with Crippen molar-refractivity contribution in [3.8, 4) is 0 Å². The number of halogens is 2. The van der Waals surface area contributed by atoms with Gasteiger partial charge in [0.2, 0.25) is 0 Å². The van der Waals surface area contributed by atoms with Crippen molar-refractivity contribution in [3.05, 3.63) is 21.1 Å². The van der Waals surface area contributed by atoms with Crippen molar-refractivity contribution in [3.63, 3.8) is 0 Å². The average molecular weight is 360 g/mol. The fourth-order valence-corrected chi connectivity index (χ4v) is 3.73. The van der Waals surface area contributed by atoms with Crippen molar-refractivity contribution in [2.75, 3.05) is 6.61 Å². The lowest BCUT2D eigenvalue weighted by Gasteiger charge is -2.19. The summed E-state index contributed by atoms with van der Waals surface area (Å²) in [6.07, 6.45) is 7.41. The largest absolute Gasteiger partial charge is 0.370 e. The maximum absolute atomic E-state index is 6.31. The Hall–Kier alpha value is -0.190. The van der Waals surface area contributed by atoms with Gasteiger partial charge in [0.25, 0.3) is 0 Å². The Morgan fingerprint density at radius 3 is 2.55 bits per heavy atom. The van der Waals surface area contributed by atoms with E-state index in [2.05, 4.69) is 20.9 Å². The number of nitrogens with zero attached hydrogens (tertiary/aromatic N) is 2. The summed E-state index contributed by atoms with van der Waals surface area (Å²) in [4.78, 5) is 9.30. The van der Waals surface area contributed by atoms with E-state index in [1.807, 2.05) is 6.92 Å². The van der Waals surface area contributed by atoms with Crippen molar-refractivity contribution in [2.24, 2.45) is 5.92 Å². The van der Waals surface area contributed by atoms with E-state index in [9.17, 15) is 0 Å². The van der Waals surface area contributed by atoms with Gasteiger partial charge in [-0.15, -0.1) is 0 Å². The lowest BCUT2D eigenvalue weighted by Crippen LogP contribution is -2.14. The average Bonchev–Trinajstić information content (AvgIpc) is 3.13. The molecule has 0 aromatic carbocycles. The first-order valence-corrected chi connectivity index (χ1v) is 8.72. The SMILES string of the molecule is CCOC(c1nc(Cl)c(Br)c(C2CCCC2)n1)C1CC1. The Labute approximate surface area is 133 Å². The summed E-state index contributed by atoms with van der Waals surface area (Å²) in [6.45, 7) is 2.71. The van der Waals surface area contributed by atoms with Crippen LogP contribution in [-0.4, -0.2) is 16.6 Å². The van der Waals surface area contributed by atoms with Crippen molar-refractivity contribution in [1.82, 2.24) is 9.97 Å². The van der Waals surface area contributed by atoms with Crippen LogP contribution in [0.3, 0.4) is 0 Å². The first kappa shape index (κ1) is 14.7. The summed E-state index contributed by atoms with van der Waals surface area (Å²) in [5, 5.41) is 0.530. The zero-order valence-corrected chi connectivity index (χ0v) is 14.1. The van der Waals surface area contributed by atoms with Crippen LogP contribution in [0.25, 0.3) is 0 Å². The molecule has 3 nitrogen and oxygen atoms in total. The second-order valence-electron chi connectivity index (χ2n) is 5.77. The van der Waals surface area contributed by atoms with E-state index in [0.29, 0.717) is 23.6 Å². The topological polar surface area (TPSA) is 35.0 Å². The minimum absolute atomic E-state index is 0.0192. The summed E-state index contributed by atoms with van der Waals surface area (Å²) < 4.78 is 6.74. The predicted octanol–water partition coefficient (Wildman–Crippen LogP) is 5.04. The van der Waals surface area contributed by atoms with E-state index in [1.165, 1.54) is 38.5 Å². The molecule has 2 aliphatic carbocycles. The minimum Gasteiger partial charge on any atom is -0.370 e. The highest BCUT2D eigenvalue weighted by atomic mass is 79.9. The first-order chi connectivity index (χ1) is 9.70. The molecule has 20 heavy (non-hydrogen) atoms. The van der Waals surface area contributed by atoms with E-state index in [4.69, 9.17) is 21.3 Å². The van der Waals surface area contributed by atoms with Crippen LogP contribution < -0.4 is 0 Å². The second-order valence-corrected chi connectivity index (χ2v) is 6.92. The van der Waals surface area contributed by atoms with Crippen LogP contribution >= 0.6 is 27.5 Å². The van der Waals surface area contributed by atoms with Gasteiger partial charge in [0.15, 0.2) is 5.82 Å². The molecule has 0 amide bonds. The van der Waals surface area contributed by atoms with Crippen LogP contribution in [0.2, 0.25) is 5.15 Å². The molecule has 2 saturated carbocycles. The molecule has 2 fully saturated rings. The van der Waals surface area contributed by atoms with Gasteiger partial charge in [-0.3, -0.25) is 0 Å². The van der Waals surface area contributed by atoms with Gasteiger partial charge in [-0.1, -0.05) is 24.4 Å². The maximum atomic E-state index is 6.31. The molecule has 1 aromatic heterocycles. The Bertz CT molecular complexity index is 487. The molecular weight excluding hydrogens is 340 g/mol. The molecule has 1 unspecified atom stereocenters. The summed E-state index contributed by atoms with van der Waals surface area (Å²) in [7, 11) is 0. The zero-order valence-electron chi connectivity index (χ0n) is 11.7. The minimum atomic E-state index is 0.0192. The van der Waals surface area contributed by atoms with Crippen molar-refractivity contribution in [2.45, 2.75) is 57.5 Å². The normalized spacial score (nSPS) is 21.4. The molecule has 110 valence electrons. The van der Waals surface area contributed by atoms with Gasteiger partial charge < -0.3 is 4.74 Å². The Morgan fingerprint density at radius 1 is 1.25 bits per heavy atom. The monoisotopic (exact) mass is 358 g/mol. The van der Waals surface area contributed by atoms with E-state index in [-0.39, 0.29) is 6.10 Å². The lowest BCUT2D eigenvalue weighted by molar-refractivity contribution is 0.0398. The van der Waals surface area contributed by atoms with E-state index in [0.717, 1.165) is 16.0 Å². The molecule has 0 bridgehead atoms. The quantitative estimate of drug-likeness (QED) is 0.691. The zero-order chi connectivity index (χ0) is 14.1. The van der Waals surface area contributed by atoms with Gasteiger partial charge in [0, 0.05) is 12.5 Å². The molecule has 1 aromatic rings. The summed E-state index contributed by atoms with van der Waals surface area (Å²) in [5.74, 6) is 1.87. The molecule has 0 radical (unpaired) electrons. The van der Waals surface area contributed by atoms with E-state index >= 15 is 0 Å². The van der Waals surface area contributed by atoms with Gasteiger partial charge in [-0.2, -0.15) is 0 Å². The third kappa shape index (κ3) is 3.02. The number of hydrogen-bond acceptors (Lipinski definition) is 3. The number of hydrogen-bond donors (Lipinski definition) is 0. The Morgan fingerprint density at radius 2 is 1.95 bits per heavy atom. The lowest BCUT2D eigenvalue weighted by atomic mass is 10.0. The third-order valence-corrected chi connectivity index (χ3v) is 5.53. The van der Waals surface area contributed by atoms with Gasteiger partial charge in [-0.25, -0.2) is 9.97 Å². The van der Waals surface area contributed by atoms with Crippen molar-refractivity contribution < 1.29 is 4.74 Å². The third-order valence-electron chi connectivity index (χ3n) is 4.25. The number of rotatable bonds is 5. The summed E-state index contributed by atoms with van der Waals surface area (Å²) >= 11 is 9.88. The van der Waals surface area contributed by atoms with Gasteiger partial charge in [0.05, 0.1) is 10.2 Å². The van der Waals surface area contributed by atoms with Crippen molar-refractivity contribution >= 4 is 27.5 Å². The smallest absolute Gasteiger partial charge is 0.159 e. The molecule has 1 heterocycles. The Kier molecular flexibility index (Phi) is 4.63. The van der Waals surface area contributed by atoms with Crippen LogP contribution in [0.15, 0.2) is 4.47 Å². The fraction of sp³-hybridized carbons (Fsp3) is 0.733. The maximum Gasteiger partial charge on any atom is 0.159 e. The van der Waals surface area contributed by atoms with E-state index < -0.39 is 0 Å². The van der Waals surface area contributed by atoms with Gasteiger partial charge in [0.1, 0.15) is 11.3 Å². The molecule has 0 spiro atoms. The first-order valence-electron chi connectivity index (χ1n) is 7.55. The van der Waals surface area contributed by atoms with Gasteiger partial charge in [-0.05, 0) is 54.5 Å². The molecule has 2 aliphatic rings. The van der Waals surface area contributed by atoms with Crippen LogP contribution in [-0.2, 0) is 4.74 Å².